The summed E-state index contributed by atoms with van der Waals surface area (Å²) in [4.78, 5) is 0.195. The maximum absolute atomic E-state index is 13.7. The van der Waals surface area contributed by atoms with Crippen LogP contribution in [0.25, 0.3) is 28.0 Å². The minimum atomic E-state index is -3.85. The predicted octanol–water partition coefficient (Wildman–Crippen LogP) is 6.16. The number of thioether (sulfide) groups is 1. The Kier molecular flexibility index (Phi) is 6.21. The van der Waals surface area contributed by atoms with Crippen molar-refractivity contribution in [2.45, 2.75) is 35.6 Å². The Morgan fingerprint density at radius 1 is 0.943 bits per heavy atom. The van der Waals surface area contributed by atoms with Gasteiger partial charge in [0.25, 0.3) is 10.0 Å². The molecule has 0 aliphatic carbocycles. The fourth-order valence-corrected chi connectivity index (χ4v) is 6.14. The van der Waals surface area contributed by atoms with Crippen LogP contribution in [0.1, 0.15) is 20.3 Å². The number of halogens is 1. The van der Waals surface area contributed by atoms with E-state index < -0.39 is 10.0 Å². The second kappa shape index (κ2) is 9.31. The van der Waals surface area contributed by atoms with Crippen LogP contribution in [0.15, 0.2) is 95.1 Å². The van der Waals surface area contributed by atoms with E-state index in [-0.39, 0.29) is 16.0 Å². The van der Waals surface area contributed by atoms with E-state index in [1.165, 1.54) is 16.1 Å². The molecule has 3 aromatic carbocycles. The number of hydrogen-bond acceptors (Lipinski definition) is 5. The maximum Gasteiger partial charge on any atom is 0.268 e. The molecule has 1 atom stereocenters. The Morgan fingerprint density at radius 2 is 1.63 bits per heavy atom. The number of nitrogens with zero attached hydrogens (tertiary/aromatic N) is 4. The van der Waals surface area contributed by atoms with Gasteiger partial charge in [-0.3, -0.25) is 4.57 Å². The standard InChI is InChI=1S/C26H23FN4O2S2/c1-3-18(2)34-26-29-28-25(31(26)20-15-13-19(27)14-16-20)23-17-30(24-12-8-7-11-22(23)24)35(32,33)21-9-5-4-6-10-21/h4-18H,3H2,1-2H3/t18-/m0/s1. The Morgan fingerprint density at radius 3 is 2.34 bits per heavy atom. The molecule has 0 unspecified atom stereocenters. The number of benzene rings is 3. The van der Waals surface area contributed by atoms with E-state index in [9.17, 15) is 12.8 Å². The molecule has 0 saturated carbocycles. The van der Waals surface area contributed by atoms with Crippen LogP contribution < -0.4 is 0 Å². The maximum atomic E-state index is 13.7. The molecule has 178 valence electrons. The predicted molar refractivity (Wildman–Crippen MR) is 137 cm³/mol. The highest BCUT2D eigenvalue weighted by Crippen LogP contribution is 2.36. The molecule has 35 heavy (non-hydrogen) atoms. The molecule has 0 saturated heterocycles. The van der Waals surface area contributed by atoms with E-state index in [2.05, 4.69) is 24.0 Å². The monoisotopic (exact) mass is 506 g/mol. The minimum absolute atomic E-state index is 0.195. The molecular weight excluding hydrogens is 483 g/mol. The zero-order chi connectivity index (χ0) is 24.6. The highest BCUT2D eigenvalue weighted by atomic mass is 32.2. The van der Waals surface area contributed by atoms with Crippen molar-refractivity contribution in [2.75, 3.05) is 0 Å². The van der Waals surface area contributed by atoms with Gasteiger partial charge in [-0.1, -0.05) is 62.0 Å². The van der Waals surface area contributed by atoms with E-state index >= 15 is 0 Å². The van der Waals surface area contributed by atoms with Gasteiger partial charge in [-0.25, -0.2) is 16.8 Å². The van der Waals surface area contributed by atoms with Gasteiger partial charge >= 0.3 is 0 Å². The van der Waals surface area contributed by atoms with Crippen molar-refractivity contribution >= 4 is 32.7 Å². The lowest BCUT2D eigenvalue weighted by Gasteiger charge is -2.12. The molecule has 0 fully saturated rings. The zero-order valence-electron chi connectivity index (χ0n) is 19.2. The van der Waals surface area contributed by atoms with Crippen LogP contribution in [0.3, 0.4) is 0 Å². The first kappa shape index (κ1) is 23.3. The molecule has 0 spiro atoms. The molecule has 6 nitrogen and oxygen atoms in total. The van der Waals surface area contributed by atoms with Gasteiger partial charge in [0.05, 0.1) is 10.4 Å². The molecule has 0 radical (unpaired) electrons. The second-order valence-corrected chi connectivity index (χ2v) is 11.3. The summed E-state index contributed by atoms with van der Waals surface area (Å²) in [7, 11) is -3.85. The molecule has 5 rings (SSSR count). The lowest BCUT2D eigenvalue weighted by Crippen LogP contribution is -2.11. The van der Waals surface area contributed by atoms with E-state index in [0.717, 1.165) is 11.8 Å². The molecule has 0 bridgehead atoms. The third kappa shape index (κ3) is 4.26. The summed E-state index contributed by atoms with van der Waals surface area (Å²) in [6.07, 6.45) is 2.53. The summed E-state index contributed by atoms with van der Waals surface area (Å²) in [6, 6.07) is 21.7. The van der Waals surface area contributed by atoms with Crippen molar-refractivity contribution in [3.63, 3.8) is 0 Å². The Labute approximate surface area is 207 Å². The van der Waals surface area contributed by atoms with Gasteiger partial charge in [0.2, 0.25) is 0 Å². The van der Waals surface area contributed by atoms with Crippen LogP contribution >= 0.6 is 11.8 Å². The minimum Gasteiger partial charge on any atom is -0.270 e. The van der Waals surface area contributed by atoms with Gasteiger partial charge in [0.15, 0.2) is 11.0 Å². The van der Waals surface area contributed by atoms with Crippen molar-refractivity contribution in [1.29, 1.82) is 0 Å². The zero-order valence-corrected chi connectivity index (χ0v) is 20.8. The van der Waals surface area contributed by atoms with Crippen LogP contribution in [0.5, 0.6) is 0 Å². The largest absolute Gasteiger partial charge is 0.270 e. The summed E-state index contributed by atoms with van der Waals surface area (Å²) in [5, 5.41) is 10.6. The number of para-hydroxylation sites is 1. The fraction of sp³-hybridized carbons (Fsp3) is 0.154. The first-order valence-corrected chi connectivity index (χ1v) is 13.5. The number of rotatable bonds is 7. The average Bonchev–Trinajstić information content (AvgIpc) is 3.47. The average molecular weight is 507 g/mol. The summed E-state index contributed by atoms with van der Waals surface area (Å²) in [5.74, 6) is 0.144. The third-order valence-electron chi connectivity index (χ3n) is 5.82. The van der Waals surface area contributed by atoms with Gasteiger partial charge in [0.1, 0.15) is 5.82 Å². The van der Waals surface area contributed by atoms with Gasteiger partial charge in [-0.15, -0.1) is 10.2 Å². The summed E-state index contributed by atoms with van der Waals surface area (Å²) in [5.41, 5.74) is 1.85. The van der Waals surface area contributed by atoms with Gasteiger partial charge in [-0.2, -0.15) is 0 Å². The van der Waals surface area contributed by atoms with Gasteiger partial charge in [-0.05, 0) is 48.9 Å². The molecular formula is C26H23FN4O2S2. The summed E-state index contributed by atoms with van der Waals surface area (Å²) < 4.78 is 44.0. The van der Waals surface area contributed by atoms with Crippen LogP contribution in [0.2, 0.25) is 0 Å². The topological polar surface area (TPSA) is 69.8 Å². The lowest BCUT2D eigenvalue weighted by molar-refractivity contribution is 0.589. The molecule has 2 heterocycles. The molecule has 0 aliphatic heterocycles. The molecule has 5 aromatic rings. The van der Waals surface area contributed by atoms with Crippen molar-refractivity contribution in [3.8, 4) is 17.1 Å². The second-order valence-electron chi connectivity index (χ2n) is 8.13. The van der Waals surface area contributed by atoms with Crippen LogP contribution in [0, 0.1) is 5.82 Å². The molecule has 0 N–H and O–H groups in total. The normalized spacial score (nSPS) is 12.8. The number of aromatic nitrogens is 4. The quantitative estimate of drug-likeness (QED) is 0.248. The third-order valence-corrected chi connectivity index (χ3v) is 8.72. The van der Waals surface area contributed by atoms with Gasteiger partial charge < -0.3 is 0 Å². The van der Waals surface area contributed by atoms with Gasteiger partial charge in [0, 0.05) is 28.1 Å². The Hall–Kier alpha value is -3.43. The molecule has 2 aromatic heterocycles. The van der Waals surface area contributed by atoms with E-state index in [1.807, 2.05) is 16.7 Å². The fourth-order valence-electron chi connectivity index (χ4n) is 3.84. The van der Waals surface area contributed by atoms with Crippen molar-refractivity contribution in [2.24, 2.45) is 0 Å². The summed E-state index contributed by atoms with van der Waals surface area (Å²) >= 11 is 1.57. The van der Waals surface area contributed by atoms with Crippen LogP contribution in [0.4, 0.5) is 4.39 Å². The smallest absolute Gasteiger partial charge is 0.268 e. The molecule has 9 heteroatoms. The highest BCUT2D eigenvalue weighted by Gasteiger charge is 2.25. The first-order valence-electron chi connectivity index (χ1n) is 11.2. The van der Waals surface area contributed by atoms with Crippen molar-refractivity contribution in [3.05, 3.63) is 90.9 Å². The first-order chi connectivity index (χ1) is 16.9. The van der Waals surface area contributed by atoms with E-state index in [1.54, 1.807) is 72.6 Å². The van der Waals surface area contributed by atoms with Crippen LogP contribution in [-0.4, -0.2) is 32.4 Å². The van der Waals surface area contributed by atoms with E-state index in [0.29, 0.717) is 27.7 Å². The Balaban J connectivity index is 1.75. The van der Waals surface area contributed by atoms with Crippen LogP contribution in [-0.2, 0) is 10.0 Å². The van der Waals surface area contributed by atoms with Crippen molar-refractivity contribution < 1.29 is 12.8 Å². The Bertz CT molecular complexity index is 1590. The molecule has 0 aliphatic rings. The van der Waals surface area contributed by atoms with E-state index in [4.69, 9.17) is 0 Å². The SMILES string of the molecule is CC[C@H](C)Sc1nnc(-c2cn(S(=O)(=O)c3ccccc3)c3ccccc23)n1-c1ccc(F)cc1. The lowest BCUT2D eigenvalue weighted by atomic mass is 10.1. The summed E-state index contributed by atoms with van der Waals surface area (Å²) in [6.45, 7) is 4.20. The number of hydrogen-bond donors (Lipinski definition) is 0. The molecule has 0 amide bonds. The highest BCUT2D eigenvalue weighted by molar-refractivity contribution is 7.99. The van der Waals surface area contributed by atoms with Crippen molar-refractivity contribution in [1.82, 2.24) is 18.7 Å². The number of fused-ring (bicyclic) bond motifs is 1.